The summed E-state index contributed by atoms with van der Waals surface area (Å²) in [6, 6.07) is 22.4. The van der Waals surface area contributed by atoms with E-state index in [1.165, 1.54) is 0 Å². The summed E-state index contributed by atoms with van der Waals surface area (Å²) in [6.07, 6.45) is 1.63. The van der Waals surface area contributed by atoms with Crippen molar-refractivity contribution in [2.45, 2.75) is 6.54 Å². The van der Waals surface area contributed by atoms with Crippen molar-refractivity contribution >= 4 is 33.6 Å². The molecule has 0 saturated heterocycles. The van der Waals surface area contributed by atoms with Crippen molar-refractivity contribution in [3.05, 3.63) is 95.7 Å². The van der Waals surface area contributed by atoms with Gasteiger partial charge >= 0.3 is 0 Å². The molecule has 0 fully saturated rings. The molecule has 2 heterocycles. The molecule has 0 unspecified atom stereocenters. The Balaban J connectivity index is 1.83. The highest BCUT2D eigenvalue weighted by Gasteiger charge is 2.19. The number of hydrogen-bond donors (Lipinski definition) is 2. The molecule has 6 nitrogen and oxygen atoms in total. The summed E-state index contributed by atoms with van der Waals surface area (Å²) >= 11 is 0. The number of furan rings is 1. The third-order valence-electron chi connectivity index (χ3n) is 5.57. The number of benzene rings is 3. The number of primary amides is 2. The number of nitrogens with two attached hydrogens (primary N) is 2. The first-order valence-electron chi connectivity index (χ1n) is 9.81. The Bertz CT molecular complexity index is 1460. The summed E-state index contributed by atoms with van der Waals surface area (Å²) in [5, 5.41) is 1.68. The fourth-order valence-electron chi connectivity index (χ4n) is 4.18. The molecular formula is C25H19N3O3. The molecule has 0 spiro atoms. The Morgan fingerprint density at radius 1 is 0.806 bits per heavy atom. The molecular weight excluding hydrogens is 390 g/mol. The van der Waals surface area contributed by atoms with E-state index in [2.05, 4.69) is 4.57 Å². The SMILES string of the molecule is NC(=O)c1ccccc1Cn1c2cc(-c3ccco3)ccc2c2c(C(N)=O)cccc21. The van der Waals surface area contributed by atoms with Gasteiger partial charge in [0, 0.05) is 34.0 Å². The number of amides is 2. The first-order valence-corrected chi connectivity index (χ1v) is 9.81. The molecule has 4 N–H and O–H groups in total. The number of aromatic nitrogens is 1. The summed E-state index contributed by atoms with van der Waals surface area (Å²) < 4.78 is 7.64. The first-order chi connectivity index (χ1) is 15.0. The lowest BCUT2D eigenvalue weighted by Crippen LogP contribution is -2.15. The highest BCUT2D eigenvalue weighted by molar-refractivity contribution is 6.18. The van der Waals surface area contributed by atoms with Crippen LogP contribution in [0.15, 0.2) is 83.5 Å². The molecule has 5 rings (SSSR count). The van der Waals surface area contributed by atoms with Crippen LogP contribution >= 0.6 is 0 Å². The van der Waals surface area contributed by atoms with E-state index in [9.17, 15) is 9.59 Å². The van der Waals surface area contributed by atoms with Gasteiger partial charge in [-0.05, 0) is 42.0 Å². The molecule has 2 amide bonds. The monoisotopic (exact) mass is 409 g/mol. The maximum Gasteiger partial charge on any atom is 0.249 e. The van der Waals surface area contributed by atoms with Crippen molar-refractivity contribution in [1.82, 2.24) is 4.57 Å². The van der Waals surface area contributed by atoms with Crippen LogP contribution in [0.4, 0.5) is 0 Å². The standard InChI is InChI=1S/C25H19N3O3/c26-24(29)17-6-2-1-5-16(17)14-28-20-8-3-7-19(25(27)30)23(20)18-11-10-15(13-21(18)28)22-9-4-12-31-22/h1-13H,14H2,(H2,26,29)(H2,27,30). The zero-order chi connectivity index (χ0) is 21.5. The van der Waals surface area contributed by atoms with Gasteiger partial charge in [0.25, 0.3) is 0 Å². The van der Waals surface area contributed by atoms with Crippen LogP contribution in [0.2, 0.25) is 0 Å². The quantitative estimate of drug-likeness (QED) is 0.452. The van der Waals surface area contributed by atoms with E-state index < -0.39 is 11.8 Å². The van der Waals surface area contributed by atoms with E-state index in [4.69, 9.17) is 15.9 Å². The van der Waals surface area contributed by atoms with E-state index in [1.807, 2.05) is 54.6 Å². The van der Waals surface area contributed by atoms with Gasteiger partial charge in [-0.15, -0.1) is 0 Å². The Morgan fingerprint density at radius 2 is 1.58 bits per heavy atom. The zero-order valence-corrected chi connectivity index (χ0v) is 16.5. The van der Waals surface area contributed by atoms with E-state index in [0.29, 0.717) is 17.7 Å². The van der Waals surface area contributed by atoms with Gasteiger partial charge in [-0.1, -0.05) is 36.4 Å². The predicted molar refractivity (Wildman–Crippen MR) is 120 cm³/mol. The van der Waals surface area contributed by atoms with Crippen molar-refractivity contribution in [3.8, 4) is 11.3 Å². The van der Waals surface area contributed by atoms with E-state index in [1.54, 1.807) is 24.5 Å². The lowest BCUT2D eigenvalue weighted by molar-refractivity contribution is 0.0992. The minimum atomic E-state index is -0.489. The summed E-state index contributed by atoms with van der Waals surface area (Å²) in [4.78, 5) is 24.1. The fraction of sp³-hybridized carbons (Fsp3) is 0.0400. The van der Waals surface area contributed by atoms with Crippen molar-refractivity contribution in [3.63, 3.8) is 0 Å². The maximum absolute atomic E-state index is 12.2. The Kier molecular flexibility index (Phi) is 4.33. The predicted octanol–water partition coefficient (Wildman–Crippen LogP) is 4.30. The summed E-state index contributed by atoms with van der Waals surface area (Å²) in [6.45, 7) is 0.406. The second kappa shape index (κ2) is 7.18. The average molecular weight is 409 g/mol. The Hall–Kier alpha value is -4.32. The third kappa shape index (κ3) is 3.05. The van der Waals surface area contributed by atoms with Crippen molar-refractivity contribution < 1.29 is 14.0 Å². The lowest BCUT2D eigenvalue weighted by atomic mass is 10.0. The molecule has 0 bridgehead atoms. The molecule has 31 heavy (non-hydrogen) atoms. The fourth-order valence-corrected chi connectivity index (χ4v) is 4.18. The van der Waals surface area contributed by atoms with Gasteiger partial charge in [0.15, 0.2) is 0 Å². The van der Waals surface area contributed by atoms with Crippen molar-refractivity contribution in [1.29, 1.82) is 0 Å². The lowest BCUT2D eigenvalue weighted by Gasteiger charge is -2.11. The smallest absolute Gasteiger partial charge is 0.249 e. The number of carbonyl (C=O) groups excluding carboxylic acids is 2. The van der Waals surface area contributed by atoms with Crippen molar-refractivity contribution in [2.24, 2.45) is 11.5 Å². The van der Waals surface area contributed by atoms with Crippen LogP contribution in [0.3, 0.4) is 0 Å². The highest BCUT2D eigenvalue weighted by atomic mass is 16.3. The Labute approximate surface area is 177 Å². The topological polar surface area (TPSA) is 104 Å². The number of fused-ring (bicyclic) bond motifs is 3. The summed E-state index contributed by atoms with van der Waals surface area (Å²) in [5.41, 5.74) is 15.6. The van der Waals surface area contributed by atoms with Gasteiger partial charge in [-0.25, -0.2) is 0 Å². The summed E-state index contributed by atoms with van der Waals surface area (Å²) in [7, 11) is 0. The zero-order valence-electron chi connectivity index (χ0n) is 16.5. The van der Waals surface area contributed by atoms with E-state index in [0.717, 1.165) is 38.7 Å². The molecule has 0 aliphatic heterocycles. The van der Waals surface area contributed by atoms with Gasteiger partial charge in [0.1, 0.15) is 5.76 Å². The van der Waals surface area contributed by atoms with Gasteiger partial charge < -0.3 is 20.5 Å². The van der Waals surface area contributed by atoms with Gasteiger partial charge in [-0.3, -0.25) is 9.59 Å². The van der Waals surface area contributed by atoms with Crippen LogP contribution in [0.25, 0.3) is 33.1 Å². The Morgan fingerprint density at radius 3 is 2.32 bits per heavy atom. The van der Waals surface area contributed by atoms with Crippen LogP contribution in [0, 0.1) is 0 Å². The number of carbonyl (C=O) groups is 2. The molecule has 0 aliphatic rings. The van der Waals surface area contributed by atoms with Crippen LogP contribution in [-0.4, -0.2) is 16.4 Å². The number of nitrogens with zero attached hydrogens (tertiary/aromatic N) is 1. The van der Waals surface area contributed by atoms with E-state index >= 15 is 0 Å². The van der Waals surface area contributed by atoms with Crippen LogP contribution in [0.5, 0.6) is 0 Å². The second-order valence-electron chi connectivity index (χ2n) is 7.38. The molecule has 2 aromatic heterocycles. The molecule has 6 heteroatoms. The normalized spacial score (nSPS) is 11.2. The minimum Gasteiger partial charge on any atom is -0.464 e. The molecule has 0 atom stereocenters. The second-order valence-corrected chi connectivity index (χ2v) is 7.38. The molecule has 0 aliphatic carbocycles. The largest absolute Gasteiger partial charge is 0.464 e. The minimum absolute atomic E-state index is 0.406. The summed E-state index contributed by atoms with van der Waals surface area (Å²) in [5.74, 6) is -0.228. The van der Waals surface area contributed by atoms with Gasteiger partial charge in [-0.2, -0.15) is 0 Å². The van der Waals surface area contributed by atoms with Crippen LogP contribution in [-0.2, 0) is 6.54 Å². The average Bonchev–Trinajstić information content (AvgIpc) is 3.41. The molecule has 3 aromatic carbocycles. The van der Waals surface area contributed by atoms with Crippen molar-refractivity contribution in [2.75, 3.05) is 0 Å². The van der Waals surface area contributed by atoms with Crippen LogP contribution in [0.1, 0.15) is 26.3 Å². The molecule has 0 radical (unpaired) electrons. The van der Waals surface area contributed by atoms with E-state index in [-0.39, 0.29) is 0 Å². The third-order valence-corrected chi connectivity index (χ3v) is 5.57. The highest BCUT2D eigenvalue weighted by Crippen LogP contribution is 2.35. The molecule has 0 saturated carbocycles. The number of rotatable bonds is 5. The first kappa shape index (κ1) is 18.7. The van der Waals surface area contributed by atoms with Gasteiger partial charge in [0.05, 0.1) is 17.3 Å². The molecule has 5 aromatic rings. The maximum atomic E-state index is 12.2. The van der Waals surface area contributed by atoms with Gasteiger partial charge in [0.2, 0.25) is 11.8 Å². The van der Waals surface area contributed by atoms with Crippen LogP contribution < -0.4 is 11.5 Å². The molecule has 152 valence electrons. The number of hydrogen-bond acceptors (Lipinski definition) is 3.